The maximum Gasteiger partial charge on any atom is 0.225 e. The van der Waals surface area contributed by atoms with Crippen LogP contribution in [0.25, 0.3) is 0 Å². The molecule has 82 valence electrons. The summed E-state index contributed by atoms with van der Waals surface area (Å²) in [7, 11) is 1.81. The van der Waals surface area contributed by atoms with Gasteiger partial charge in [-0.05, 0) is 0 Å². The normalized spacial score (nSPS) is 12.2. The van der Waals surface area contributed by atoms with E-state index in [2.05, 4.69) is 9.97 Å². The predicted molar refractivity (Wildman–Crippen MR) is 61.2 cm³/mol. The van der Waals surface area contributed by atoms with E-state index in [9.17, 15) is 4.39 Å². The smallest absolute Gasteiger partial charge is 0.225 e. The molecule has 6 heteroatoms. The molecule has 1 heterocycles. The van der Waals surface area contributed by atoms with Gasteiger partial charge in [-0.25, -0.2) is 14.4 Å². The molecular weight excluding hydrogens is 215 g/mol. The average Bonchev–Trinajstić information content (AvgIpc) is 2.18. The maximum atomic E-state index is 12.6. The van der Waals surface area contributed by atoms with E-state index in [0.717, 1.165) is 12.4 Å². The largest absolute Gasteiger partial charge is 0.393 e. The van der Waals surface area contributed by atoms with E-state index in [4.69, 9.17) is 18.0 Å². The lowest BCUT2D eigenvalue weighted by Crippen LogP contribution is -2.32. The Morgan fingerprint density at radius 3 is 2.60 bits per heavy atom. The molecular formula is C9H13FN4S. The van der Waals surface area contributed by atoms with E-state index >= 15 is 0 Å². The molecule has 1 atom stereocenters. The van der Waals surface area contributed by atoms with Crippen LogP contribution in [0.4, 0.5) is 10.3 Å². The van der Waals surface area contributed by atoms with Gasteiger partial charge in [0.1, 0.15) is 0 Å². The van der Waals surface area contributed by atoms with Crippen LogP contribution >= 0.6 is 12.2 Å². The minimum atomic E-state index is -0.449. The number of halogens is 1. The lowest BCUT2D eigenvalue weighted by molar-refractivity contribution is 0.610. The lowest BCUT2D eigenvalue weighted by atomic mass is 10.2. The highest BCUT2D eigenvalue weighted by atomic mass is 32.1. The van der Waals surface area contributed by atoms with Crippen molar-refractivity contribution in [1.29, 1.82) is 0 Å². The molecule has 0 saturated carbocycles. The first-order valence-corrected chi connectivity index (χ1v) is 4.89. The molecule has 0 bridgehead atoms. The Kier molecular flexibility index (Phi) is 3.90. The van der Waals surface area contributed by atoms with Crippen LogP contribution in [0.5, 0.6) is 0 Å². The van der Waals surface area contributed by atoms with Gasteiger partial charge in [-0.2, -0.15) is 0 Å². The number of anilines is 1. The molecule has 1 aromatic rings. The second-order valence-electron chi connectivity index (χ2n) is 3.39. The van der Waals surface area contributed by atoms with Crippen LogP contribution in [-0.2, 0) is 0 Å². The van der Waals surface area contributed by atoms with Crippen LogP contribution in [0.1, 0.15) is 6.92 Å². The van der Waals surface area contributed by atoms with E-state index in [1.165, 1.54) is 0 Å². The second kappa shape index (κ2) is 4.97. The van der Waals surface area contributed by atoms with Crippen molar-refractivity contribution in [3.8, 4) is 0 Å². The first-order valence-electron chi connectivity index (χ1n) is 4.48. The Balaban J connectivity index is 2.64. The Labute approximate surface area is 93.3 Å². The van der Waals surface area contributed by atoms with Crippen molar-refractivity contribution < 1.29 is 4.39 Å². The van der Waals surface area contributed by atoms with Gasteiger partial charge in [0.15, 0.2) is 5.82 Å². The molecule has 15 heavy (non-hydrogen) atoms. The van der Waals surface area contributed by atoms with Gasteiger partial charge in [-0.3, -0.25) is 0 Å². The Bertz CT molecular complexity index is 340. The highest BCUT2D eigenvalue weighted by Crippen LogP contribution is 2.07. The van der Waals surface area contributed by atoms with E-state index in [-0.39, 0.29) is 5.92 Å². The van der Waals surface area contributed by atoms with Gasteiger partial charge < -0.3 is 10.6 Å². The zero-order valence-electron chi connectivity index (χ0n) is 8.64. The van der Waals surface area contributed by atoms with Crippen LogP contribution in [0.15, 0.2) is 12.4 Å². The van der Waals surface area contributed by atoms with Crippen molar-refractivity contribution in [1.82, 2.24) is 9.97 Å². The third-order valence-electron chi connectivity index (χ3n) is 1.98. The van der Waals surface area contributed by atoms with Crippen molar-refractivity contribution in [2.24, 2.45) is 11.7 Å². The fourth-order valence-corrected chi connectivity index (χ4v) is 1.16. The van der Waals surface area contributed by atoms with Crippen molar-refractivity contribution in [2.45, 2.75) is 6.92 Å². The molecule has 0 aromatic carbocycles. The minimum absolute atomic E-state index is 0.0682. The summed E-state index contributed by atoms with van der Waals surface area (Å²) in [5, 5.41) is 0. The molecule has 0 spiro atoms. The number of hydrogen-bond donors (Lipinski definition) is 1. The van der Waals surface area contributed by atoms with Gasteiger partial charge in [0.2, 0.25) is 5.95 Å². The van der Waals surface area contributed by atoms with Gasteiger partial charge in [0, 0.05) is 19.5 Å². The summed E-state index contributed by atoms with van der Waals surface area (Å²) in [4.78, 5) is 9.92. The summed E-state index contributed by atoms with van der Waals surface area (Å²) in [6.07, 6.45) is 2.26. The van der Waals surface area contributed by atoms with E-state index in [1.807, 2.05) is 14.0 Å². The number of nitrogens with two attached hydrogens (primary N) is 1. The van der Waals surface area contributed by atoms with Gasteiger partial charge in [0.25, 0.3) is 0 Å². The molecule has 0 radical (unpaired) electrons. The standard InChI is InChI=1S/C9H13FN4S/c1-6(8(11)15)5-14(2)9-12-3-7(10)4-13-9/h3-4,6H,5H2,1-2H3,(H2,11,15). The molecule has 1 rings (SSSR count). The summed E-state index contributed by atoms with van der Waals surface area (Å²) in [5.74, 6) is 0.0766. The summed E-state index contributed by atoms with van der Waals surface area (Å²) >= 11 is 4.86. The molecule has 0 aliphatic heterocycles. The van der Waals surface area contributed by atoms with Crippen LogP contribution in [-0.4, -0.2) is 28.5 Å². The highest BCUT2D eigenvalue weighted by molar-refractivity contribution is 7.80. The predicted octanol–water partition coefficient (Wildman–Crippen LogP) is 0.974. The lowest BCUT2D eigenvalue weighted by Gasteiger charge is -2.20. The Hall–Kier alpha value is -1.30. The monoisotopic (exact) mass is 228 g/mol. The topological polar surface area (TPSA) is 55.0 Å². The first-order chi connectivity index (χ1) is 7.00. The van der Waals surface area contributed by atoms with Crippen LogP contribution < -0.4 is 10.6 Å². The van der Waals surface area contributed by atoms with E-state index in [0.29, 0.717) is 17.5 Å². The molecule has 1 aromatic heterocycles. The van der Waals surface area contributed by atoms with Crippen molar-refractivity contribution in [3.05, 3.63) is 18.2 Å². The molecule has 1 unspecified atom stereocenters. The average molecular weight is 228 g/mol. The van der Waals surface area contributed by atoms with E-state index in [1.54, 1.807) is 4.90 Å². The fraction of sp³-hybridized carbons (Fsp3) is 0.444. The SMILES string of the molecule is CC(CN(C)c1ncc(F)cn1)C(N)=S. The fourth-order valence-electron chi connectivity index (χ4n) is 1.09. The van der Waals surface area contributed by atoms with Crippen LogP contribution in [0.3, 0.4) is 0 Å². The Morgan fingerprint density at radius 1 is 1.60 bits per heavy atom. The van der Waals surface area contributed by atoms with Gasteiger partial charge in [0.05, 0.1) is 17.4 Å². The van der Waals surface area contributed by atoms with Crippen LogP contribution in [0, 0.1) is 11.7 Å². The molecule has 0 amide bonds. The van der Waals surface area contributed by atoms with Gasteiger partial charge >= 0.3 is 0 Å². The molecule has 0 saturated heterocycles. The summed E-state index contributed by atoms with van der Waals surface area (Å²) in [6, 6.07) is 0. The summed E-state index contributed by atoms with van der Waals surface area (Å²) < 4.78 is 12.6. The van der Waals surface area contributed by atoms with Gasteiger partial charge in [-0.1, -0.05) is 19.1 Å². The molecule has 0 aliphatic carbocycles. The third kappa shape index (κ3) is 3.39. The van der Waals surface area contributed by atoms with Crippen molar-refractivity contribution >= 4 is 23.2 Å². The number of rotatable bonds is 4. The quantitative estimate of drug-likeness (QED) is 0.778. The molecule has 0 fully saturated rings. The first kappa shape index (κ1) is 11.8. The van der Waals surface area contributed by atoms with Crippen LogP contribution in [0.2, 0.25) is 0 Å². The summed E-state index contributed by atoms with van der Waals surface area (Å²) in [6.45, 7) is 2.53. The zero-order valence-corrected chi connectivity index (χ0v) is 9.46. The maximum absolute atomic E-state index is 12.6. The number of aromatic nitrogens is 2. The minimum Gasteiger partial charge on any atom is -0.393 e. The molecule has 4 nitrogen and oxygen atoms in total. The molecule has 0 aliphatic rings. The number of thiocarbonyl (C=S) groups is 1. The Morgan fingerprint density at radius 2 is 2.13 bits per heavy atom. The number of nitrogens with zero attached hydrogens (tertiary/aromatic N) is 3. The number of hydrogen-bond acceptors (Lipinski definition) is 4. The second-order valence-corrected chi connectivity index (χ2v) is 3.86. The van der Waals surface area contributed by atoms with Gasteiger partial charge in [-0.15, -0.1) is 0 Å². The van der Waals surface area contributed by atoms with Crippen molar-refractivity contribution in [3.63, 3.8) is 0 Å². The van der Waals surface area contributed by atoms with Crippen molar-refractivity contribution in [2.75, 3.05) is 18.5 Å². The van der Waals surface area contributed by atoms with E-state index < -0.39 is 5.82 Å². The third-order valence-corrected chi connectivity index (χ3v) is 2.38. The summed E-state index contributed by atoms with van der Waals surface area (Å²) in [5.41, 5.74) is 5.49. The highest BCUT2D eigenvalue weighted by Gasteiger charge is 2.11. The zero-order chi connectivity index (χ0) is 11.4. The molecule has 2 N–H and O–H groups in total.